The molecule has 2 aromatic carbocycles. The molecule has 0 aliphatic carbocycles. The lowest BCUT2D eigenvalue weighted by Gasteiger charge is -2.26. The normalized spacial score (nSPS) is 24.0. The van der Waals surface area contributed by atoms with Gasteiger partial charge in [-0.05, 0) is 50.6 Å². The first-order chi connectivity index (χ1) is 13.5. The van der Waals surface area contributed by atoms with Gasteiger partial charge in [0.25, 0.3) is 0 Å². The van der Waals surface area contributed by atoms with E-state index in [9.17, 15) is 4.39 Å². The number of rotatable bonds is 6. The highest BCUT2D eigenvalue weighted by atomic mass is 19.1. The summed E-state index contributed by atoms with van der Waals surface area (Å²) in [6.07, 6.45) is 4.04. The molecule has 2 unspecified atom stereocenters. The highest BCUT2D eigenvalue weighted by Gasteiger charge is 2.33. The monoisotopic (exact) mass is 400 g/mol. The van der Waals surface area contributed by atoms with Gasteiger partial charge in [-0.25, -0.2) is 9.38 Å². The standard InChI is InChI=1S/C21H26FN5O.H3N/c1-16-5-4-12-26(16)13-14-28-18-10-8-17(9-11-18)21(23)24-15-27(25-21)20-7-3-2-6-19(20)22;/h2-3,6-11,15-16,25H,4-5,12-14,23H2,1H3;1H3. The van der Waals surface area contributed by atoms with Crippen LogP contribution in [0.2, 0.25) is 0 Å². The van der Waals surface area contributed by atoms with Gasteiger partial charge < -0.3 is 10.9 Å². The quantitative estimate of drug-likeness (QED) is 0.689. The second-order valence-corrected chi connectivity index (χ2v) is 7.34. The third kappa shape index (κ3) is 4.56. The van der Waals surface area contributed by atoms with Crippen LogP contribution in [0, 0.1) is 5.82 Å². The largest absolute Gasteiger partial charge is 0.492 e. The number of nitrogens with one attached hydrogen (secondary N) is 1. The topological polar surface area (TPSA) is 101 Å². The first kappa shape index (κ1) is 21.2. The van der Waals surface area contributed by atoms with Crippen molar-refractivity contribution in [3.8, 4) is 5.75 Å². The molecular weight excluding hydrogens is 371 g/mol. The van der Waals surface area contributed by atoms with Gasteiger partial charge in [0.1, 0.15) is 24.5 Å². The molecule has 0 radical (unpaired) electrons. The van der Waals surface area contributed by atoms with Crippen molar-refractivity contribution in [2.45, 2.75) is 31.6 Å². The number of hydrogen-bond donors (Lipinski definition) is 3. The van der Waals surface area contributed by atoms with Crippen molar-refractivity contribution in [1.29, 1.82) is 0 Å². The van der Waals surface area contributed by atoms with Crippen molar-refractivity contribution in [2.75, 3.05) is 24.7 Å². The summed E-state index contributed by atoms with van der Waals surface area (Å²) in [6, 6.07) is 14.7. The summed E-state index contributed by atoms with van der Waals surface area (Å²) in [7, 11) is 0. The molecule has 1 fully saturated rings. The molecule has 1 saturated heterocycles. The highest BCUT2D eigenvalue weighted by molar-refractivity contribution is 5.80. The SMILES string of the molecule is CC1CCCN1CCOc1ccc(C2(N)N=CN(c3ccccc3F)N2)cc1.N. The maximum Gasteiger partial charge on any atom is 0.207 e. The fourth-order valence-electron chi connectivity index (χ4n) is 3.71. The molecule has 2 heterocycles. The number of anilines is 1. The van der Waals surface area contributed by atoms with Gasteiger partial charge in [-0.15, -0.1) is 0 Å². The van der Waals surface area contributed by atoms with Gasteiger partial charge in [0.05, 0.1) is 5.69 Å². The van der Waals surface area contributed by atoms with E-state index in [-0.39, 0.29) is 12.0 Å². The third-order valence-corrected chi connectivity index (χ3v) is 5.41. The molecule has 4 rings (SSSR count). The van der Waals surface area contributed by atoms with Crippen molar-refractivity contribution in [3.05, 3.63) is 59.9 Å². The van der Waals surface area contributed by atoms with E-state index < -0.39 is 5.79 Å². The van der Waals surface area contributed by atoms with E-state index in [2.05, 4.69) is 22.2 Å². The van der Waals surface area contributed by atoms with Gasteiger partial charge >= 0.3 is 0 Å². The molecule has 2 aliphatic heterocycles. The maximum absolute atomic E-state index is 14.0. The first-order valence-electron chi connectivity index (χ1n) is 9.68. The summed E-state index contributed by atoms with van der Waals surface area (Å²) in [5, 5.41) is 1.50. The van der Waals surface area contributed by atoms with Gasteiger partial charge in [0.15, 0.2) is 0 Å². The average molecular weight is 401 g/mol. The molecule has 2 atom stereocenters. The summed E-state index contributed by atoms with van der Waals surface area (Å²) < 4.78 is 19.9. The zero-order valence-corrected chi connectivity index (χ0v) is 16.7. The Bertz CT molecular complexity index is 845. The van der Waals surface area contributed by atoms with Crippen LogP contribution in [0.5, 0.6) is 5.75 Å². The third-order valence-electron chi connectivity index (χ3n) is 5.41. The molecule has 2 aliphatic rings. The molecule has 6 N–H and O–H groups in total. The summed E-state index contributed by atoms with van der Waals surface area (Å²) in [5.74, 6) is -0.694. The number of aliphatic imine (C=N–C) groups is 1. The molecule has 0 bridgehead atoms. The van der Waals surface area contributed by atoms with Crippen molar-refractivity contribution in [3.63, 3.8) is 0 Å². The van der Waals surface area contributed by atoms with Crippen molar-refractivity contribution < 1.29 is 9.13 Å². The first-order valence-corrected chi connectivity index (χ1v) is 9.68. The van der Waals surface area contributed by atoms with E-state index in [1.807, 2.05) is 24.3 Å². The van der Waals surface area contributed by atoms with Crippen molar-refractivity contribution in [1.82, 2.24) is 16.5 Å². The summed E-state index contributed by atoms with van der Waals surface area (Å²) in [6.45, 7) is 5.02. The van der Waals surface area contributed by atoms with Gasteiger partial charge in [0.2, 0.25) is 5.79 Å². The van der Waals surface area contributed by atoms with Gasteiger partial charge in [0, 0.05) is 18.2 Å². The predicted octanol–water partition coefficient (Wildman–Crippen LogP) is 2.97. The highest BCUT2D eigenvalue weighted by Crippen LogP contribution is 2.27. The molecule has 0 amide bonds. The Kier molecular flexibility index (Phi) is 6.49. The number of likely N-dealkylation sites (tertiary alicyclic amines) is 1. The summed E-state index contributed by atoms with van der Waals surface area (Å²) >= 11 is 0. The minimum absolute atomic E-state index is 0. The number of halogens is 1. The number of hydrazine groups is 1. The van der Waals surface area contributed by atoms with Crippen molar-refractivity contribution in [2.24, 2.45) is 10.7 Å². The van der Waals surface area contributed by atoms with Crippen LogP contribution in [0.25, 0.3) is 0 Å². The molecule has 29 heavy (non-hydrogen) atoms. The Morgan fingerprint density at radius 2 is 2.00 bits per heavy atom. The van der Waals surface area contributed by atoms with Crippen LogP contribution < -0.4 is 27.1 Å². The average Bonchev–Trinajstić information content (AvgIpc) is 3.29. The molecule has 0 spiro atoms. The Morgan fingerprint density at radius 3 is 2.69 bits per heavy atom. The molecule has 0 saturated carbocycles. The number of nitrogens with two attached hydrogens (primary N) is 1. The van der Waals surface area contributed by atoms with Crippen LogP contribution in [0.15, 0.2) is 53.5 Å². The number of nitrogens with zero attached hydrogens (tertiary/aromatic N) is 3. The maximum atomic E-state index is 14.0. The molecule has 0 aromatic heterocycles. The van der Waals surface area contributed by atoms with Crippen LogP contribution in [-0.2, 0) is 5.79 Å². The zero-order valence-electron chi connectivity index (χ0n) is 16.7. The Labute approximate surface area is 170 Å². The summed E-state index contributed by atoms with van der Waals surface area (Å²) in [5.41, 5.74) is 10.6. The molecule has 7 nitrogen and oxygen atoms in total. The molecule has 156 valence electrons. The van der Waals surface area contributed by atoms with Gasteiger partial charge in [-0.3, -0.25) is 15.6 Å². The molecule has 2 aromatic rings. The van der Waals surface area contributed by atoms with Crippen LogP contribution >= 0.6 is 0 Å². The smallest absolute Gasteiger partial charge is 0.207 e. The minimum Gasteiger partial charge on any atom is -0.492 e. The molecule has 8 heteroatoms. The fourth-order valence-corrected chi connectivity index (χ4v) is 3.71. The van der Waals surface area contributed by atoms with Crippen LogP contribution in [0.3, 0.4) is 0 Å². The number of benzene rings is 2. The van der Waals surface area contributed by atoms with Gasteiger partial charge in [-0.1, -0.05) is 24.3 Å². The van der Waals surface area contributed by atoms with Gasteiger partial charge in [-0.2, -0.15) is 5.43 Å². The second-order valence-electron chi connectivity index (χ2n) is 7.34. The number of ether oxygens (including phenoxy) is 1. The lowest BCUT2D eigenvalue weighted by atomic mass is 10.1. The number of hydrogen-bond acceptors (Lipinski definition) is 7. The van der Waals surface area contributed by atoms with Crippen molar-refractivity contribution >= 4 is 12.0 Å². The van der Waals surface area contributed by atoms with E-state index in [0.29, 0.717) is 18.3 Å². The summed E-state index contributed by atoms with van der Waals surface area (Å²) in [4.78, 5) is 6.80. The Morgan fingerprint density at radius 1 is 1.24 bits per heavy atom. The lowest BCUT2D eigenvalue weighted by molar-refractivity contribution is 0.204. The lowest BCUT2D eigenvalue weighted by Crippen LogP contribution is -2.51. The molecular formula is C21H29FN6O. The van der Waals surface area contributed by atoms with Crippen LogP contribution in [0.1, 0.15) is 25.3 Å². The van der Waals surface area contributed by atoms with E-state index in [1.165, 1.54) is 30.3 Å². The van der Waals surface area contributed by atoms with E-state index >= 15 is 0 Å². The zero-order chi connectivity index (χ0) is 19.6. The van der Waals surface area contributed by atoms with Crippen LogP contribution in [-0.4, -0.2) is 37.0 Å². The minimum atomic E-state index is -1.15. The fraction of sp³-hybridized carbons (Fsp3) is 0.381. The second kappa shape index (κ2) is 8.87. The number of para-hydroxylation sites is 1. The van der Waals surface area contributed by atoms with E-state index in [4.69, 9.17) is 10.5 Å². The Hall–Kier alpha value is -2.52. The van der Waals surface area contributed by atoms with Crippen LogP contribution in [0.4, 0.5) is 10.1 Å². The predicted molar refractivity (Wildman–Crippen MR) is 114 cm³/mol. The van der Waals surface area contributed by atoms with E-state index in [0.717, 1.165) is 24.4 Å². The van der Waals surface area contributed by atoms with E-state index in [1.54, 1.807) is 18.2 Å². The Balaban J connectivity index is 0.00000240.